The third-order valence-electron chi connectivity index (χ3n) is 4.38. The highest BCUT2D eigenvalue weighted by Crippen LogP contribution is 2.30. The Morgan fingerprint density at radius 2 is 2.30 bits per heavy atom. The normalized spacial score (nSPS) is 26.8. The molecule has 0 amide bonds. The molecular weight excluding hydrogens is 316 g/mol. The number of fused-ring (bicyclic) bond motifs is 1. The van der Waals surface area contributed by atoms with Crippen molar-refractivity contribution in [2.24, 2.45) is 5.92 Å². The minimum atomic E-state index is 0.490. The zero-order valence-corrected chi connectivity index (χ0v) is 13.1. The third-order valence-corrected chi connectivity index (χ3v) is 5.11. The van der Waals surface area contributed by atoms with Gasteiger partial charge < -0.3 is 4.74 Å². The second-order valence-corrected chi connectivity index (χ2v) is 6.61. The van der Waals surface area contributed by atoms with Crippen LogP contribution in [0.25, 0.3) is 0 Å². The lowest BCUT2D eigenvalue weighted by Crippen LogP contribution is -2.45. The molecule has 0 spiro atoms. The van der Waals surface area contributed by atoms with Crippen LogP contribution < -0.4 is 0 Å². The summed E-state index contributed by atoms with van der Waals surface area (Å²) in [7, 11) is 0. The van der Waals surface area contributed by atoms with Gasteiger partial charge in [-0.1, -0.05) is 22.0 Å². The van der Waals surface area contributed by atoms with E-state index in [0.717, 1.165) is 37.1 Å². The maximum Gasteiger partial charge on any atom is 0.0992 e. The molecule has 1 aromatic rings. The molecule has 106 valence electrons. The third kappa shape index (κ3) is 3.06. The molecule has 20 heavy (non-hydrogen) atoms. The second kappa shape index (κ2) is 6.26. The summed E-state index contributed by atoms with van der Waals surface area (Å²) in [6, 6.07) is 8.05. The fourth-order valence-electron chi connectivity index (χ4n) is 3.29. The van der Waals surface area contributed by atoms with E-state index < -0.39 is 0 Å². The molecule has 0 bridgehead atoms. The highest BCUT2D eigenvalue weighted by Gasteiger charge is 2.31. The summed E-state index contributed by atoms with van der Waals surface area (Å²) in [4.78, 5) is 2.52. The zero-order chi connectivity index (χ0) is 13.9. The van der Waals surface area contributed by atoms with Crippen LogP contribution in [0, 0.1) is 17.2 Å². The number of benzene rings is 1. The molecule has 3 rings (SSSR count). The number of likely N-dealkylation sites (tertiary alicyclic amines) is 1. The molecule has 0 aliphatic carbocycles. The molecule has 2 unspecified atom stereocenters. The quantitative estimate of drug-likeness (QED) is 0.832. The summed E-state index contributed by atoms with van der Waals surface area (Å²) >= 11 is 3.58. The van der Waals surface area contributed by atoms with Crippen LogP contribution in [0.15, 0.2) is 22.7 Å². The van der Waals surface area contributed by atoms with Crippen molar-refractivity contribution in [1.82, 2.24) is 4.90 Å². The van der Waals surface area contributed by atoms with Crippen LogP contribution in [0.2, 0.25) is 0 Å². The first kappa shape index (κ1) is 14.1. The van der Waals surface area contributed by atoms with E-state index in [1.165, 1.54) is 18.4 Å². The van der Waals surface area contributed by atoms with Crippen LogP contribution in [0.4, 0.5) is 0 Å². The van der Waals surface area contributed by atoms with Crippen molar-refractivity contribution in [1.29, 1.82) is 5.26 Å². The fourth-order valence-corrected chi connectivity index (χ4v) is 3.80. The first-order valence-electron chi connectivity index (χ1n) is 7.29. The Morgan fingerprint density at radius 3 is 3.10 bits per heavy atom. The largest absolute Gasteiger partial charge is 0.378 e. The average molecular weight is 335 g/mol. The van der Waals surface area contributed by atoms with Gasteiger partial charge in [-0.15, -0.1) is 0 Å². The SMILES string of the molecule is N#Cc1ccc(CN2CCC3OCCCC3C2)c(Br)c1. The number of nitrogens with zero attached hydrogens (tertiary/aromatic N) is 2. The van der Waals surface area contributed by atoms with E-state index >= 15 is 0 Å². The molecule has 2 heterocycles. The van der Waals surface area contributed by atoms with Gasteiger partial charge in [-0.05, 0) is 42.9 Å². The van der Waals surface area contributed by atoms with Gasteiger partial charge in [-0.3, -0.25) is 4.90 Å². The van der Waals surface area contributed by atoms with E-state index in [1.807, 2.05) is 12.1 Å². The monoisotopic (exact) mass is 334 g/mol. The van der Waals surface area contributed by atoms with Crippen LogP contribution in [-0.4, -0.2) is 30.7 Å². The number of nitriles is 1. The van der Waals surface area contributed by atoms with Gasteiger partial charge in [-0.25, -0.2) is 0 Å². The molecule has 2 aliphatic heterocycles. The van der Waals surface area contributed by atoms with Gasteiger partial charge in [0, 0.05) is 30.7 Å². The molecule has 2 aliphatic rings. The van der Waals surface area contributed by atoms with Crippen molar-refractivity contribution in [2.45, 2.75) is 31.9 Å². The summed E-state index contributed by atoms with van der Waals surface area (Å²) in [5, 5.41) is 8.91. The Labute approximate surface area is 128 Å². The van der Waals surface area contributed by atoms with Crippen LogP contribution in [0.3, 0.4) is 0 Å². The molecule has 2 atom stereocenters. The summed E-state index contributed by atoms with van der Waals surface area (Å²) in [5.41, 5.74) is 1.97. The second-order valence-electron chi connectivity index (χ2n) is 5.75. The summed E-state index contributed by atoms with van der Waals surface area (Å²) < 4.78 is 6.90. The van der Waals surface area contributed by atoms with Crippen molar-refractivity contribution in [3.8, 4) is 6.07 Å². The van der Waals surface area contributed by atoms with Gasteiger partial charge in [-0.2, -0.15) is 5.26 Å². The number of piperidine rings is 1. The van der Waals surface area contributed by atoms with Gasteiger partial charge in [0.05, 0.1) is 17.7 Å². The molecule has 0 saturated carbocycles. The Bertz CT molecular complexity index is 526. The van der Waals surface area contributed by atoms with Crippen LogP contribution in [0.1, 0.15) is 30.4 Å². The van der Waals surface area contributed by atoms with Crippen molar-refractivity contribution in [3.63, 3.8) is 0 Å². The van der Waals surface area contributed by atoms with E-state index in [2.05, 4.69) is 33.0 Å². The molecule has 2 saturated heterocycles. The first-order valence-corrected chi connectivity index (χ1v) is 8.08. The standard InChI is InChI=1S/C16H19BrN2O/c17-15-8-12(9-18)3-4-13(15)10-19-6-5-16-14(11-19)2-1-7-20-16/h3-4,8,14,16H,1-2,5-7,10-11H2. The molecule has 2 fully saturated rings. The highest BCUT2D eigenvalue weighted by molar-refractivity contribution is 9.10. The predicted molar refractivity (Wildman–Crippen MR) is 81.2 cm³/mol. The predicted octanol–water partition coefficient (Wildman–Crippen LogP) is 3.32. The highest BCUT2D eigenvalue weighted by atomic mass is 79.9. The van der Waals surface area contributed by atoms with Crippen molar-refractivity contribution in [2.75, 3.05) is 19.7 Å². The van der Waals surface area contributed by atoms with Crippen LogP contribution in [-0.2, 0) is 11.3 Å². The number of hydrogen-bond donors (Lipinski definition) is 0. The lowest BCUT2D eigenvalue weighted by atomic mass is 9.88. The van der Waals surface area contributed by atoms with Gasteiger partial charge in [0.25, 0.3) is 0 Å². The Kier molecular flexibility index (Phi) is 4.40. The van der Waals surface area contributed by atoms with E-state index in [4.69, 9.17) is 10.00 Å². The first-order chi connectivity index (χ1) is 9.76. The van der Waals surface area contributed by atoms with Gasteiger partial charge in [0.15, 0.2) is 0 Å². The van der Waals surface area contributed by atoms with Gasteiger partial charge in [0.2, 0.25) is 0 Å². The lowest BCUT2D eigenvalue weighted by molar-refractivity contribution is -0.0676. The lowest BCUT2D eigenvalue weighted by Gasteiger charge is -2.41. The molecule has 3 nitrogen and oxygen atoms in total. The van der Waals surface area contributed by atoms with E-state index in [9.17, 15) is 0 Å². The topological polar surface area (TPSA) is 36.3 Å². The average Bonchev–Trinajstić information content (AvgIpc) is 2.49. The summed E-state index contributed by atoms with van der Waals surface area (Å²) in [5.74, 6) is 0.703. The minimum Gasteiger partial charge on any atom is -0.378 e. The van der Waals surface area contributed by atoms with E-state index in [1.54, 1.807) is 0 Å². The van der Waals surface area contributed by atoms with Crippen LogP contribution in [0.5, 0.6) is 0 Å². The molecule has 4 heteroatoms. The molecule has 0 radical (unpaired) electrons. The molecule has 0 aromatic heterocycles. The maximum atomic E-state index is 8.91. The summed E-state index contributed by atoms with van der Waals surface area (Å²) in [6.07, 6.45) is 4.15. The van der Waals surface area contributed by atoms with E-state index in [-0.39, 0.29) is 0 Å². The minimum absolute atomic E-state index is 0.490. The molecular formula is C16H19BrN2O. The van der Waals surface area contributed by atoms with E-state index in [0.29, 0.717) is 17.6 Å². The number of halogens is 1. The Balaban J connectivity index is 1.65. The van der Waals surface area contributed by atoms with Crippen molar-refractivity contribution >= 4 is 15.9 Å². The number of rotatable bonds is 2. The smallest absolute Gasteiger partial charge is 0.0992 e. The maximum absolute atomic E-state index is 8.91. The Hall–Kier alpha value is -0.890. The summed E-state index contributed by atoms with van der Waals surface area (Å²) in [6.45, 7) is 4.14. The number of ether oxygens (including phenoxy) is 1. The Morgan fingerprint density at radius 1 is 1.40 bits per heavy atom. The fraction of sp³-hybridized carbons (Fsp3) is 0.562. The van der Waals surface area contributed by atoms with Crippen LogP contribution >= 0.6 is 15.9 Å². The van der Waals surface area contributed by atoms with Gasteiger partial charge >= 0.3 is 0 Å². The number of hydrogen-bond acceptors (Lipinski definition) is 3. The van der Waals surface area contributed by atoms with Crippen molar-refractivity contribution in [3.05, 3.63) is 33.8 Å². The van der Waals surface area contributed by atoms with Crippen molar-refractivity contribution < 1.29 is 4.74 Å². The zero-order valence-electron chi connectivity index (χ0n) is 11.5. The molecule has 0 N–H and O–H groups in total. The molecule has 1 aromatic carbocycles. The van der Waals surface area contributed by atoms with Gasteiger partial charge in [0.1, 0.15) is 0 Å².